The number of carbonyl (C=O) groups excluding carboxylic acids is 1. The van der Waals surface area contributed by atoms with E-state index in [2.05, 4.69) is 26.2 Å². The molecule has 4 nitrogen and oxygen atoms in total. The van der Waals surface area contributed by atoms with Crippen LogP contribution in [-0.2, 0) is 12.7 Å². The first-order valence-corrected chi connectivity index (χ1v) is 6.93. The van der Waals surface area contributed by atoms with Gasteiger partial charge >= 0.3 is 6.18 Å². The maximum atomic E-state index is 12.7. The highest BCUT2D eigenvalue weighted by molar-refractivity contribution is 9.10. The summed E-state index contributed by atoms with van der Waals surface area (Å²) in [7, 11) is 0. The molecule has 0 saturated heterocycles. The second-order valence-electron chi connectivity index (χ2n) is 4.36. The van der Waals surface area contributed by atoms with Crippen molar-refractivity contribution in [3.63, 3.8) is 0 Å². The third kappa shape index (κ3) is 3.31. The van der Waals surface area contributed by atoms with Crippen molar-refractivity contribution in [2.45, 2.75) is 26.1 Å². The maximum absolute atomic E-state index is 12.7. The molecule has 1 aromatic heterocycles. The summed E-state index contributed by atoms with van der Waals surface area (Å²) < 4.78 is 39.9. The molecule has 2 rings (SSSR count). The fourth-order valence-electron chi connectivity index (χ4n) is 1.82. The predicted octanol–water partition coefficient (Wildman–Crippen LogP) is 3.70. The van der Waals surface area contributed by atoms with Crippen LogP contribution < -0.4 is 0 Å². The van der Waals surface area contributed by atoms with Gasteiger partial charge in [0.2, 0.25) is 5.78 Å². The van der Waals surface area contributed by atoms with Crippen LogP contribution >= 0.6 is 15.9 Å². The molecule has 0 aliphatic heterocycles. The Kier molecular flexibility index (Phi) is 4.46. The summed E-state index contributed by atoms with van der Waals surface area (Å²) in [6.45, 7) is 2.37. The lowest BCUT2D eigenvalue weighted by molar-refractivity contribution is -0.137. The van der Waals surface area contributed by atoms with E-state index in [4.69, 9.17) is 0 Å². The molecule has 0 bridgehead atoms. The summed E-state index contributed by atoms with van der Waals surface area (Å²) in [5.41, 5.74) is -0.773. The highest BCUT2D eigenvalue weighted by Gasteiger charge is 2.32. The number of hydrogen-bond acceptors (Lipinski definition) is 3. The number of aryl methyl sites for hydroxylation is 1. The van der Waals surface area contributed by atoms with Gasteiger partial charge in [-0.15, -0.1) is 5.10 Å². The molecule has 0 aliphatic carbocycles. The van der Waals surface area contributed by atoms with Crippen LogP contribution in [0.2, 0.25) is 0 Å². The Morgan fingerprint density at radius 1 is 1.38 bits per heavy atom. The predicted molar refractivity (Wildman–Crippen MR) is 72.9 cm³/mol. The van der Waals surface area contributed by atoms with Gasteiger partial charge in [-0.2, -0.15) is 13.2 Å². The molecule has 21 heavy (non-hydrogen) atoms. The maximum Gasteiger partial charge on any atom is 0.416 e. The monoisotopic (exact) mass is 361 g/mol. The molecule has 0 saturated carbocycles. The number of carbonyl (C=O) groups is 1. The molecule has 112 valence electrons. The summed E-state index contributed by atoms with van der Waals surface area (Å²) in [6, 6.07) is 2.96. The van der Waals surface area contributed by atoms with Crippen LogP contribution in [0.4, 0.5) is 13.2 Å². The fourth-order valence-corrected chi connectivity index (χ4v) is 2.25. The van der Waals surface area contributed by atoms with E-state index in [1.165, 1.54) is 16.9 Å². The van der Waals surface area contributed by atoms with Gasteiger partial charge < -0.3 is 0 Å². The van der Waals surface area contributed by atoms with Crippen molar-refractivity contribution in [1.82, 2.24) is 15.0 Å². The minimum atomic E-state index is -4.50. The Labute approximate surface area is 127 Å². The molecule has 8 heteroatoms. The quantitative estimate of drug-likeness (QED) is 0.780. The van der Waals surface area contributed by atoms with Crippen LogP contribution in [0.15, 0.2) is 28.9 Å². The average molecular weight is 362 g/mol. The minimum Gasteiger partial charge on any atom is -0.287 e. The second-order valence-corrected chi connectivity index (χ2v) is 5.22. The zero-order valence-corrected chi connectivity index (χ0v) is 12.6. The third-order valence-electron chi connectivity index (χ3n) is 2.82. The number of aromatic nitrogens is 3. The number of ketones is 1. The van der Waals surface area contributed by atoms with Crippen LogP contribution in [0, 0.1) is 0 Å². The van der Waals surface area contributed by atoms with Gasteiger partial charge in [0.15, 0.2) is 0 Å². The highest BCUT2D eigenvalue weighted by Crippen LogP contribution is 2.32. The van der Waals surface area contributed by atoms with Crippen LogP contribution in [0.5, 0.6) is 0 Å². The molecule has 1 aromatic carbocycles. The van der Waals surface area contributed by atoms with E-state index in [-0.39, 0.29) is 11.3 Å². The molecule has 0 radical (unpaired) electrons. The Balaban J connectivity index is 2.45. The van der Waals surface area contributed by atoms with Crippen LogP contribution in [0.1, 0.15) is 35.0 Å². The number of rotatable bonds is 4. The van der Waals surface area contributed by atoms with Crippen LogP contribution in [-0.4, -0.2) is 20.8 Å². The van der Waals surface area contributed by atoms with Crippen molar-refractivity contribution >= 4 is 21.7 Å². The van der Waals surface area contributed by atoms with Gasteiger partial charge in [-0.1, -0.05) is 28.1 Å². The van der Waals surface area contributed by atoms with Crippen molar-refractivity contribution in [3.8, 4) is 0 Å². The molecule has 0 atom stereocenters. The highest BCUT2D eigenvalue weighted by atomic mass is 79.9. The molecule has 0 spiro atoms. The SMILES string of the molecule is CCCn1nncc1C(=O)c1cc(C(F)(F)F)ccc1Br. The van der Waals surface area contributed by atoms with E-state index in [1.807, 2.05) is 6.92 Å². The number of halogens is 4. The average Bonchev–Trinajstić information content (AvgIpc) is 2.86. The standard InChI is InChI=1S/C13H11BrF3N3O/c1-2-5-20-11(7-18-19-20)12(21)9-6-8(13(15,16)17)3-4-10(9)14/h3-4,6-7H,2,5H2,1H3. The summed E-state index contributed by atoms with van der Waals surface area (Å²) in [5, 5.41) is 7.40. The van der Waals surface area contributed by atoms with E-state index in [0.29, 0.717) is 11.0 Å². The Hall–Kier alpha value is -1.70. The molecular weight excluding hydrogens is 351 g/mol. The first kappa shape index (κ1) is 15.7. The largest absolute Gasteiger partial charge is 0.416 e. The summed E-state index contributed by atoms with van der Waals surface area (Å²) in [5.74, 6) is -0.550. The van der Waals surface area contributed by atoms with E-state index < -0.39 is 17.5 Å². The molecule has 2 aromatic rings. The van der Waals surface area contributed by atoms with Crippen LogP contribution in [0.25, 0.3) is 0 Å². The number of benzene rings is 1. The van der Waals surface area contributed by atoms with Gasteiger partial charge in [-0.3, -0.25) is 4.79 Å². The molecule has 0 N–H and O–H groups in total. The first-order chi connectivity index (χ1) is 9.84. The van der Waals surface area contributed by atoms with Crippen molar-refractivity contribution < 1.29 is 18.0 Å². The normalized spacial score (nSPS) is 11.7. The minimum absolute atomic E-state index is 0.0653. The molecular formula is C13H11BrF3N3O. The Morgan fingerprint density at radius 3 is 2.71 bits per heavy atom. The lowest BCUT2D eigenvalue weighted by Gasteiger charge is -2.10. The zero-order chi connectivity index (χ0) is 15.6. The van der Waals surface area contributed by atoms with E-state index in [0.717, 1.165) is 18.6 Å². The summed E-state index contributed by atoms with van der Waals surface area (Å²) in [6.07, 6.45) is -2.52. The van der Waals surface area contributed by atoms with Gasteiger partial charge in [-0.05, 0) is 24.6 Å². The van der Waals surface area contributed by atoms with E-state index in [1.54, 1.807) is 0 Å². The van der Waals surface area contributed by atoms with Gasteiger partial charge in [0.25, 0.3) is 0 Å². The van der Waals surface area contributed by atoms with Gasteiger partial charge in [0.05, 0.1) is 11.8 Å². The van der Waals surface area contributed by atoms with Gasteiger partial charge in [0, 0.05) is 16.6 Å². The lowest BCUT2D eigenvalue weighted by Crippen LogP contribution is -2.13. The number of nitrogens with zero attached hydrogens (tertiary/aromatic N) is 3. The van der Waals surface area contributed by atoms with Crippen molar-refractivity contribution in [3.05, 3.63) is 45.7 Å². The van der Waals surface area contributed by atoms with Crippen LogP contribution in [0.3, 0.4) is 0 Å². The molecule has 0 aliphatic rings. The lowest BCUT2D eigenvalue weighted by atomic mass is 10.0. The van der Waals surface area contributed by atoms with E-state index in [9.17, 15) is 18.0 Å². The molecule has 0 amide bonds. The Morgan fingerprint density at radius 2 is 2.10 bits per heavy atom. The van der Waals surface area contributed by atoms with Gasteiger partial charge in [-0.25, -0.2) is 4.68 Å². The summed E-state index contributed by atoms with van der Waals surface area (Å²) in [4.78, 5) is 12.4. The number of alkyl halides is 3. The van der Waals surface area contributed by atoms with Crippen molar-refractivity contribution in [2.24, 2.45) is 0 Å². The molecule has 0 unspecified atom stereocenters. The molecule has 1 heterocycles. The van der Waals surface area contributed by atoms with E-state index >= 15 is 0 Å². The second kappa shape index (κ2) is 5.97. The fraction of sp³-hybridized carbons (Fsp3) is 0.308. The Bertz CT molecular complexity index is 667. The molecule has 0 fully saturated rings. The number of hydrogen-bond donors (Lipinski definition) is 0. The topological polar surface area (TPSA) is 47.8 Å². The van der Waals surface area contributed by atoms with Crippen molar-refractivity contribution in [2.75, 3.05) is 0 Å². The van der Waals surface area contributed by atoms with Crippen molar-refractivity contribution in [1.29, 1.82) is 0 Å². The third-order valence-corrected chi connectivity index (χ3v) is 3.52. The smallest absolute Gasteiger partial charge is 0.287 e. The van der Waals surface area contributed by atoms with Gasteiger partial charge in [0.1, 0.15) is 5.69 Å². The summed E-state index contributed by atoms with van der Waals surface area (Å²) >= 11 is 3.11. The first-order valence-electron chi connectivity index (χ1n) is 6.14. The zero-order valence-electron chi connectivity index (χ0n) is 11.0.